The van der Waals surface area contributed by atoms with E-state index >= 15 is 0 Å². The van der Waals surface area contributed by atoms with E-state index in [0.29, 0.717) is 31.7 Å². The molecule has 100 valence electrons. The summed E-state index contributed by atoms with van der Waals surface area (Å²) in [6, 6.07) is 5.53. The van der Waals surface area contributed by atoms with E-state index in [1.54, 1.807) is 6.07 Å². The summed E-state index contributed by atoms with van der Waals surface area (Å²) in [7, 11) is 0. The van der Waals surface area contributed by atoms with E-state index in [4.69, 9.17) is 16.2 Å². The monoisotopic (exact) mass is 251 g/mol. The van der Waals surface area contributed by atoms with Gasteiger partial charge in [0.2, 0.25) is 5.91 Å². The molecule has 0 radical (unpaired) electrons. The lowest BCUT2D eigenvalue weighted by molar-refractivity contribution is -0.118. The predicted molar refractivity (Wildman–Crippen MR) is 73.6 cm³/mol. The quantitative estimate of drug-likeness (QED) is 0.485. The molecule has 1 aromatic carbocycles. The number of rotatable bonds is 8. The molecule has 5 N–H and O–H groups in total. The maximum absolute atomic E-state index is 10.6. The van der Waals surface area contributed by atoms with Crippen molar-refractivity contribution in [3.63, 3.8) is 0 Å². The van der Waals surface area contributed by atoms with Crippen molar-refractivity contribution >= 4 is 17.3 Å². The number of hydrogen-bond donors (Lipinski definition) is 3. The maximum Gasteiger partial charge on any atom is 0.217 e. The SMILES string of the molecule is CCCOc1cc(N)cc(NCCCC(N)=O)c1. The topological polar surface area (TPSA) is 90.4 Å². The predicted octanol–water partition coefficient (Wildman–Crippen LogP) is 1.73. The number of anilines is 2. The fourth-order valence-corrected chi connectivity index (χ4v) is 1.52. The molecule has 0 aliphatic heterocycles. The number of nitrogen functional groups attached to an aromatic ring is 1. The number of amides is 1. The van der Waals surface area contributed by atoms with E-state index in [-0.39, 0.29) is 5.91 Å². The summed E-state index contributed by atoms with van der Waals surface area (Å²) in [4.78, 5) is 10.6. The minimum atomic E-state index is -0.281. The Labute approximate surface area is 107 Å². The Hall–Kier alpha value is -1.91. The van der Waals surface area contributed by atoms with Crippen LogP contribution in [0.5, 0.6) is 5.75 Å². The second kappa shape index (κ2) is 7.42. The minimum Gasteiger partial charge on any atom is -0.493 e. The van der Waals surface area contributed by atoms with Crippen LogP contribution >= 0.6 is 0 Å². The van der Waals surface area contributed by atoms with Crippen LogP contribution in [0.25, 0.3) is 0 Å². The number of nitrogens with one attached hydrogen (secondary N) is 1. The van der Waals surface area contributed by atoms with Gasteiger partial charge in [-0.25, -0.2) is 0 Å². The molecule has 0 fully saturated rings. The summed E-state index contributed by atoms with van der Waals surface area (Å²) in [6.07, 6.45) is 2.04. The van der Waals surface area contributed by atoms with Gasteiger partial charge in [0.15, 0.2) is 0 Å². The van der Waals surface area contributed by atoms with Gasteiger partial charge in [-0.3, -0.25) is 4.79 Å². The molecule has 1 aromatic rings. The van der Waals surface area contributed by atoms with E-state index in [2.05, 4.69) is 12.2 Å². The lowest BCUT2D eigenvalue weighted by Crippen LogP contribution is -2.12. The molecular formula is C13H21N3O2. The van der Waals surface area contributed by atoms with Crippen molar-refractivity contribution in [2.24, 2.45) is 5.73 Å². The molecule has 5 nitrogen and oxygen atoms in total. The van der Waals surface area contributed by atoms with Crippen LogP contribution in [0.1, 0.15) is 26.2 Å². The van der Waals surface area contributed by atoms with Crippen molar-refractivity contribution in [3.8, 4) is 5.75 Å². The molecule has 0 unspecified atom stereocenters. The van der Waals surface area contributed by atoms with E-state index in [1.807, 2.05) is 12.1 Å². The smallest absolute Gasteiger partial charge is 0.217 e. The zero-order valence-electron chi connectivity index (χ0n) is 10.7. The van der Waals surface area contributed by atoms with Gasteiger partial charge in [0.05, 0.1) is 6.61 Å². The molecule has 0 aromatic heterocycles. The number of benzene rings is 1. The van der Waals surface area contributed by atoms with Crippen LogP contribution in [0.15, 0.2) is 18.2 Å². The van der Waals surface area contributed by atoms with Crippen molar-refractivity contribution in [2.75, 3.05) is 24.2 Å². The standard InChI is InChI=1S/C13H21N3O2/c1-2-6-18-12-8-10(14)7-11(9-12)16-5-3-4-13(15)17/h7-9,16H,2-6,14H2,1H3,(H2,15,17). The van der Waals surface area contributed by atoms with Gasteiger partial charge >= 0.3 is 0 Å². The van der Waals surface area contributed by atoms with Gasteiger partial charge in [-0.2, -0.15) is 0 Å². The Morgan fingerprint density at radius 1 is 1.39 bits per heavy atom. The molecule has 0 saturated carbocycles. The highest BCUT2D eigenvalue weighted by atomic mass is 16.5. The van der Waals surface area contributed by atoms with Crippen molar-refractivity contribution in [2.45, 2.75) is 26.2 Å². The van der Waals surface area contributed by atoms with Crippen LogP contribution in [0.2, 0.25) is 0 Å². The number of nitrogens with two attached hydrogens (primary N) is 2. The largest absolute Gasteiger partial charge is 0.493 e. The van der Waals surface area contributed by atoms with E-state index < -0.39 is 0 Å². The molecule has 5 heteroatoms. The molecule has 1 amide bonds. The van der Waals surface area contributed by atoms with Crippen molar-refractivity contribution in [1.29, 1.82) is 0 Å². The third kappa shape index (κ3) is 5.43. The highest BCUT2D eigenvalue weighted by molar-refractivity contribution is 5.73. The van der Waals surface area contributed by atoms with Gasteiger partial charge in [0.25, 0.3) is 0 Å². The Balaban J connectivity index is 2.48. The Bertz CT molecular complexity index is 394. The highest BCUT2D eigenvalue weighted by Gasteiger charge is 2.00. The number of carbonyl (C=O) groups excluding carboxylic acids is 1. The van der Waals surface area contributed by atoms with E-state index in [9.17, 15) is 4.79 Å². The van der Waals surface area contributed by atoms with Crippen LogP contribution < -0.4 is 21.5 Å². The highest BCUT2D eigenvalue weighted by Crippen LogP contribution is 2.22. The van der Waals surface area contributed by atoms with Crippen molar-refractivity contribution in [3.05, 3.63) is 18.2 Å². The van der Waals surface area contributed by atoms with Gasteiger partial charge in [0, 0.05) is 36.5 Å². The average molecular weight is 251 g/mol. The summed E-state index contributed by atoms with van der Waals surface area (Å²) in [5, 5.41) is 3.19. The summed E-state index contributed by atoms with van der Waals surface area (Å²) in [6.45, 7) is 3.40. The number of primary amides is 1. The molecule has 0 heterocycles. The fraction of sp³-hybridized carbons (Fsp3) is 0.462. The van der Waals surface area contributed by atoms with Gasteiger partial charge in [-0.05, 0) is 18.9 Å². The van der Waals surface area contributed by atoms with Crippen LogP contribution in [0.3, 0.4) is 0 Å². The van der Waals surface area contributed by atoms with Crippen LogP contribution in [0, 0.1) is 0 Å². The third-order valence-corrected chi connectivity index (χ3v) is 2.33. The van der Waals surface area contributed by atoms with Crippen LogP contribution in [-0.2, 0) is 4.79 Å². The molecule has 1 rings (SSSR count). The first-order chi connectivity index (χ1) is 8.61. The minimum absolute atomic E-state index is 0.281. The van der Waals surface area contributed by atoms with Gasteiger partial charge in [-0.15, -0.1) is 0 Å². The van der Waals surface area contributed by atoms with Crippen molar-refractivity contribution < 1.29 is 9.53 Å². The molecule has 0 aliphatic rings. The Morgan fingerprint density at radius 3 is 2.83 bits per heavy atom. The summed E-state index contributed by atoms with van der Waals surface area (Å²) in [5.41, 5.74) is 12.4. The van der Waals surface area contributed by atoms with E-state index in [1.165, 1.54) is 0 Å². The first kappa shape index (κ1) is 14.2. The number of hydrogen-bond acceptors (Lipinski definition) is 4. The molecule has 0 aliphatic carbocycles. The number of carbonyl (C=O) groups is 1. The maximum atomic E-state index is 10.6. The first-order valence-electron chi connectivity index (χ1n) is 6.17. The zero-order chi connectivity index (χ0) is 13.4. The molecule has 0 bridgehead atoms. The van der Waals surface area contributed by atoms with E-state index in [0.717, 1.165) is 17.9 Å². The molecule has 0 atom stereocenters. The van der Waals surface area contributed by atoms with Gasteiger partial charge in [0.1, 0.15) is 5.75 Å². The fourth-order valence-electron chi connectivity index (χ4n) is 1.52. The molecule has 0 saturated heterocycles. The molecular weight excluding hydrogens is 230 g/mol. The Kier molecular flexibility index (Phi) is 5.84. The first-order valence-corrected chi connectivity index (χ1v) is 6.17. The van der Waals surface area contributed by atoms with Gasteiger partial charge < -0.3 is 21.5 Å². The molecule has 0 spiro atoms. The Morgan fingerprint density at radius 2 is 2.17 bits per heavy atom. The number of ether oxygens (including phenoxy) is 1. The summed E-state index contributed by atoms with van der Waals surface area (Å²) >= 11 is 0. The molecule has 18 heavy (non-hydrogen) atoms. The van der Waals surface area contributed by atoms with Crippen LogP contribution in [0.4, 0.5) is 11.4 Å². The van der Waals surface area contributed by atoms with Crippen LogP contribution in [-0.4, -0.2) is 19.1 Å². The normalized spacial score (nSPS) is 10.1. The lowest BCUT2D eigenvalue weighted by Gasteiger charge is -2.10. The lowest BCUT2D eigenvalue weighted by atomic mass is 10.2. The zero-order valence-corrected chi connectivity index (χ0v) is 10.7. The summed E-state index contributed by atoms with van der Waals surface area (Å²) in [5.74, 6) is 0.477. The average Bonchev–Trinajstić information content (AvgIpc) is 2.31. The second-order valence-corrected chi connectivity index (χ2v) is 4.14. The summed E-state index contributed by atoms with van der Waals surface area (Å²) < 4.78 is 5.53. The second-order valence-electron chi connectivity index (χ2n) is 4.14. The third-order valence-electron chi connectivity index (χ3n) is 2.33. The van der Waals surface area contributed by atoms with Gasteiger partial charge in [-0.1, -0.05) is 6.92 Å². The van der Waals surface area contributed by atoms with Crippen molar-refractivity contribution in [1.82, 2.24) is 0 Å².